The average molecular weight is 532 g/mol. The van der Waals surface area contributed by atoms with E-state index in [1.807, 2.05) is 0 Å². The fourth-order valence-electron chi connectivity index (χ4n) is 4.30. The highest BCUT2D eigenvalue weighted by atomic mass is 32.1. The molecule has 194 valence electrons. The summed E-state index contributed by atoms with van der Waals surface area (Å²) >= 11 is 1.34. The van der Waals surface area contributed by atoms with E-state index in [1.54, 1.807) is 34.5 Å². The number of carbonyl (C=O) groups is 3. The van der Waals surface area contributed by atoms with Crippen molar-refractivity contribution in [3.05, 3.63) is 75.7 Å². The van der Waals surface area contributed by atoms with Gasteiger partial charge in [0.05, 0.1) is 10.6 Å². The van der Waals surface area contributed by atoms with Crippen LogP contribution in [0, 0.1) is 0 Å². The molecule has 3 aromatic rings. The molecular formula is C26H24F3N3O4S. The first-order valence-electron chi connectivity index (χ1n) is 11.5. The number of hydrogen-bond donors (Lipinski definition) is 1. The molecule has 37 heavy (non-hydrogen) atoms. The van der Waals surface area contributed by atoms with Crippen LogP contribution in [0.4, 0.5) is 13.2 Å². The van der Waals surface area contributed by atoms with E-state index in [4.69, 9.17) is 5.11 Å². The predicted molar refractivity (Wildman–Crippen MR) is 131 cm³/mol. The number of benzene rings is 2. The third-order valence-corrected chi connectivity index (χ3v) is 7.28. The lowest BCUT2D eigenvalue weighted by Gasteiger charge is -2.31. The molecule has 1 N–H and O–H groups in total. The molecule has 1 fully saturated rings. The number of carbonyl (C=O) groups excluding carboxylic acids is 2. The van der Waals surface area contributed by atoms with Crippen LogP contribution in [0.2, 0.25) is 0 Å². The Morgan fingerprint density at radius 3 is 2.35 bits per heavy atom. The van der Waals surface area contributed by atoms with E-state index in [0.29, 0.717) is 42.6 Å². The molecule has 4 rings (SSSR count). The molecule has 0 radical (unpaired) electrons. The first kappa shape index (κ1) is 26.3. The Kier molecular flexibility index (Phi) is 7.63. The van der Waals surface area contributed by atoms with Gasteiger partial charge in [-0.3, -0.25) is 14.4 Å². The van der Waals surface area contributed by atoms with Crippen LogP contribution in [0.25, 0.3) is 11.1 Å². The zero-order chi connectivity index (χ0) is 26.7. The van der Waals surface area contributed by atoms with Gasteiger partial charge in [0, 0.05) is 37.0 Å². The minimum atomic E-state index is -4.43. The molecular weight excluding hydrogens is 507 g/mol. The molecule has 0 aliphatic carbocycles. The number of halogens is 3. The minimum absolute atomic E-state index is 0.0607. The van der Waals surface area contributed by atoms with Gasteiger partial charge in [-0.05, 0) is 42.2 Å². The number of hydrogen-bond acceptors (Lipinski definition) is 5. The molecule has 1 aliphatic heterocycles. The number of aromatic nitrogens is 1. The van der Waals surface area contributed by atoms with Crippen LogP contribution in [0.1, 0.15) is 50.2 Å². The molecule has 2 amide bonds. The summed E-state index contributed by atoms with van der Waals surface area (Å²) in [5.41, 5.74) is 0.969. The van der Waals surface area contributed by atoms with Crippen LogP contribution >= 0.6 is 11.3 Å². The third kappa shape index (κ3) is 5.99. The van der Waals surface area contributed by atoms with Crippen molar-refractivity contribution in [3.8, 4) is 11.1 Å². The van der Waals surface area contributed by atoms with Crippen molar-refractivity contribution < 1.29 is 32.7 Å². The molecule has 1 saturated heterocycles. The number of likely N-dealkylation sites (N-methyl/N-ethyl adjacent to an activating group) is 1. The SMILES string of the molecule is CN(CC(=O)O)C(=O)c1csc(C2CCN(C(=O)c3ccccc3-c3ccc(C(F)(F)F)cc3)CC2)n1. The maximum atomic E-state index is 13.4. The van der Waals surface area contributed by atoms with Gasteiger partial charge in [-0.15, -0.1) is 11.3 Å². The zero-order valence-electron chi connectivity index (χ0n) is 19.9. The topological polar surface area (TPSA) is 90.8 Å². The van der Waals surface area contributed by atoms with Gasteiger partial charge >= 0.3 is 12.1 Å². The summed E-state index contributed by atoms with van der Waals surface area (Å²) in [7, 11) is 1.40. The molecule has 1 aromatic heterocycles. The van der Waals surface area contributed by atoms with E-state index >= 15 is 0 Å². The number of amides is 2. The second kappa shape index (κ2) is 10.7. The Morgan fingerprint density at radius 2 is 1.73 bits per heavy atom. The lowest BCUT2D eigenvalue weighted by atomic mass is 9.94. The van der Waals surface area contributed by atoms with Crippen molar-refractivity contribution in [2.24, 2.45) is 0 Å². The molecule has 0 saturated carbocycles. The van der Waals surface area contributed by atoms with Crippen LogP contribution in [0.15, 0.2) is 53.9 Å². The van der Waals surface area contributed by atoms with Crippen LogP contribution in [0.5, 0.6) is 0 Å². The lowest BCUT2D eigenvalue weighted by Crippen LogP contribution is -2.38. The van der Waals surface area contributed by atoms with Gasteiger partial charge in [-0.2, -0.15) is 13.2 Å². The van der Waals surface area contributed by atoms with Crippen molar-refractivity contribution in [2.75, 3.05) is 26.7 Å². The largest absolute Gasteiger partial charge is 0.480 e. The van der Waals surface area contributed by atoms with Crippen molar-refractivity contribution in [2.45, 2.75) is 24.9 Å². The maximum Gasteiger partial charge on any atom is 0.416 e. The predicted octanol–water partition coefficient (Wildman–Crippen LogP) is 5.01. The Balaban J connectivity index is 1.43. The van der Waals surface area contributed by atoms with Gasteiger partial charge in [0.15, 0.2) is 0 Å². The molecule has 11 heteroatoms. The Hall–Kier alpha value is -3.73. The number of nitrogens with zero attached hydrogens (tertiary/aromatic N) is 3. The number of aliphatic carboxylic acids is 1. The highest BCUT2D eigenvalue weighted by molar-refractivity contribution is 7.09. The Bertz CT molecular complexity index is 1300. The van der Waals surface area contributed by atoms with E-state index in [9.17, 15) is 27.6 Å². The number of piperidine rings is 1. The molecule has 7 nitrogen and oxygen atoms in total. The lowest BCUT2D eigenvalue weighted by molar-refractivity contribution is -0.138. The standard InChI is InChI=1S/C26H24F3N3O4S/c1-31(14-22(33)34)25(36)21-15-37-23(30-21)17-10-12-32(13-11-17)24(35)20-5-3-2-4-19(20)16-6-8-18(9-7-16)26(27,28)29/h2-9,15,17H,10-14H2,1H3,(H,33,34). The van der Waals surface area contributed by atoms with Crippen LogP contribution in [-0.2, 0) is 11.0 Å². The number of rotatable bonds is 6. The molecule has 2 heterocycles. The normalized spacial score (nSPS) is 14.4. The molecule has 0 spiro atoms. The van der Waals surface area contributed by atoms with Gasteiger partial charge in [-0.1, -0.05) is 30.3 Å². The van der Waals surface area contributed by atoms with E-state index in [1.165, 1.54) is 30.5 Å². The number of thiazole rings is 1. The maximum absolute atomic E-state index is 13.4. The summed E-state index contributed by atoms with van der Waals surface area (Å²) in [6, 6.07) is 11.6. The summed E-state index contributed by atoms with van der Waals surface area (Å²) in [5, 5.41) is 11.3. The molecule has 0 bridgehead atoms. The highest BCUT2D eigenvalue weighted by Gasteiger charge is 2.31. The van der Waals surface area contributed by atoms with Gasteiger partial charge < -0.3 is 14.9 Å². The first-order chi connectivity index (χ1) is 17.5. The second-order valence-corrected chi connectivity index (χ2v) is 9.70. The zero-order valence-corrected chi connectivity index (χ0v) is 20.7. The minimum Gasteiger partial charge on any atom is -0.480 e. The summed E-state index contributed by atoms with van der Waals surface area (Å²) in [5.74, 6) is -1.70. The number of carboxylic acid groups (broad SMARTS) is 1. The smallest absolute Gasteiger partial charge is 0.416 e. The molecule has 2 aromatic carbocycles. The fourth-order valence-corrected chi connectivity index (χ4v) is 5.27. The number of likely N-dealkylation sites (tertiary alicyclic amines) is 1. The van der Waals surface area contributed by atoms with Gasteiger partial charge in [-0.25, -0.2) is 4.98 Å². The Morgan fingerprint density at radius 1 is 1.08 bits per heavy atom. The van der Waals surface area contributed by atoms with Crippen LogP contribution in [-0.4, -0.2) is 64.4 Å². The third-order valence-electron chi connectivity index (χ3n) is 6.27. The highest BCUT2D eigenvalue weighted by Crippen LogP contribution is 2.34. The van der Waals surface area contributed by atoms with Crippen molar-refractivity contribution >= 4 is 29.1 Å². The van der Waals surface area contributed by atoms with E-state index in [2.05, 4.69) is 4.98 Å². The molecule has 0 atom stereocenters. The van der Waals surface area contributed by atoms with E-state index in [0.717, 1.165) is 22.0 Å². The van der Waals surface area contributed by atoms with E-state index < -0.39 is 30.2 Å². The second-order valence-electron chi connectivity index (χ2n) is 8.81. The molecule has 1 aliphatic rings. The van der Waals surface area contributed by atoms with Crippen molar-refractivity contribution in [1.82, 2.24) is 14.8 Å². The quantitative estimate of drug-likeness (QED) is 0.483. The van der Waals surface area contributed by atoms with Gasteiger partial charge in [0.1, 0.15) is 12.2 Å². The van der Waals surface area contributed by atoms with Gasteiger partial charge in [0.2, 0.25) is 0 Å². The van der Waals surface area contributed by atoms with Crippen molar-refractivity contribution in [1.29, 1.82) is 0 Å². The van der Waals surface area contributed by atoms with E-state index in [-0.39, 0.29) is 17.5 Å². The summed E-state index contributed by atoms with van der Waals surface area (Å²) in [6.07, 6.45) is -3.15. The van der Waals surface area contributed by atoms with Crippen LogP contribution < -0.4 is 0 Å². The number of carboxylic acids is 1. The average Bonchev–Trinajstić information content (AvgIpc) is 3.37. The van der Waals surface area contributed by atoms with Crippen molar-refractivity contribution in [3.63, 3.8) is 0 Å². The fraction of sp³-hybridized carbons (Fsp3) is 0.308. The molecule has 0 unspecified atom stereocenters. The summed E-state index contributed by atoms with van der Waals surface area (Å²) < 4.78 is 38.8. The number of alkyl halides is 3. The Labute approximate surface area is 215 Å². The monoisotopic (exact) mass is 531 g/mol. The first-order valence-corrected chi connectivity index (χ1v) is 12.4. The van der Waals surface area contributed by atoms with Gasteiger partial charge in [0.25, 0.3) is 11.8 Å². The summed E-state index contributed by atoms with van der Waals surface area (Å²) in [6.45, 7) is 0.513. The van der Waals surface area contributed by atoms with Crippen LogP contribution in [0.3, 0.4) is 0 Å². The summed E-state index contributed by atoms with van der Waals surface area (Å²) in [4.78, 5) is 43.8.